The van der Waals surface area contributed by atoms with Crippen molar-refractivity contribution < 1.29 is 4.74 Å². The van der Waals surface area contributed by atoms with Crippen LogP contribution < -0.4 is 0 Å². The molecule has 1 nitrogen and oxygen atoms in total. The van der Waals surface area contributed by atoms with E-state index in [0.717, 1.165) is 37.6 Å². The van der Waals surface area contributed by atoms with E-state index in [2.05, 4.69) is 29.1 Å². The van der Waals surface area contributed by atoms with E-state index in [1.54, 1.807) is 0 Å². The summed E-state index contributed by atoms with van der Waals surface area (Å²) in [5, 5.41) is 1.16. The number of unbranched alkanes of at least 4 members (excludes halogenated alkanes) is 7. The molecule has 0 heterocycles. The minimum Gasteiger partial charge on any atom is -0.378 e. The van der Waals surface area contributed by atoms with Crippen molar-refractivity contribution in [2.45, 2.75) is 83.2 Å². The van der Waals surface area contributed by atoms with Crippen LogP contribution in [0.2, 0.25) is 0 Å². The number of ether oxygens (including phenoxy) is 1. The Morgan fingerprint density at radius 2 is 1.24 bits per heavy atom. The van der Waals surface area contributed by atoms with Crippen molar-refractivity contribution in [1.29, 1.82) is 0 Å². The van der Waals surface area contributed by atoms with Crippen LogP contribution in [0.15, 0.2) is 25.3 Å². The molecular weight excluding hydrogens is 324 g/mol. The van der Waals surface area contributed by atoms with Crippen LogP contribution in [-0.2, 0) is 4.74 Å². The van der Waals surface area contributed by atoms with E-state index in [9.17, 15) is 0 Å². The molecule has 0 amide bonds. The molecule has 0 unspecified atom stereocenters. The monoisotopic (exact) mass is 358 g/mol. The topological polar surface area (TPSA) is 9.23 Å². The number of alkyl halides is 1. The molecule has 0 fully saturated rings. The molecule has 0 rings (SSSR count). The third-order valence-corrected chi connectivity index (χ3v) is 4.33. The van der Waals surface area contributed by atoms with E-state index in [4.69, 9.17) is 4.74 Å². The summed E-state index contributed by atoms with van der Waals surface area (Å²) in [6.45, 7) is 8.50. The summed E-state index contributed by atoms with van der Waals surface area (Å²) in [5.74, 6) is 0. The van der Waals surface area contributed by atoms with E-state index in [0.29, 0.717) is 6.10 Å². The number of hydrogen-bond acceptors (Lipinski definition) is 1. The van der Waals surface area contributed by atoms with E-state index in [1.165, 1.54) is 51.4 Å². The standard InChI is InChI=1S/C19H35BrO/c1-3-5-15-19(16-6-4-2)21-18-14-12-10-8-7-9-11-13-17-20/h3-4,19H,1-2,5-18H2. The first-order valence-electron chi connectivity index (χ1n) is 8.74. The van der Waals surface area contributed by atoms with Gasteiger partial charge in [0, 0.05) is 11.9 Å². The molecule has 0 atom stereocenters. The lowest BCUT2D eigenvalue weighted by molar-refractivity contribution is 0.0405. The van der Waals surface area contributed by atoms with Crippen molar-refractivity contribution in [1.82, 2.24) is 0 Å². The minimum absolute atomic E-state index is 0.394. The van der Waals surface area contributed by atoms with Crippen LogP contribution in [0.25, 0.3) is 0 Å². The average molecular weight is 359 g/mol. The third kappa shape index (κ3) is 16.1. The molecule has 0 spiro atoms. The summed E-state index contributed by atoms with van der Waals surface area (Å²) in [5.41, 5.74) is 0. The van der Waals surface area contributed by atoms with Crippen LogP contribution >= 0.6 is 15.9 Å². The molecule has 0 aliphatic carbocycles. The molecule has 0 saturated heterocycles. The Labute approximate surface area is 141 Å². The first kappa shape index (κ1) is 20.9. The summed E-state index contributed by atoms with van der Waals surface area (Å²) in [6.07, 6.45) is 19.4. The highest BCUT2D eigenvalue weighted by Crippen LogP contribution is 2.13. The fraction of sp³-hybridized carbons (Fsp3) is 0.789. The maximum absolute atomic E-state index is 6.01. The van der Waals surface area contributed by atoms with Gasteiger partial charge in [0.25, 0.3) is 0 Å². The Balaban J connectivity index is 3.39. The number of hydrogen-bond donors (Lipinski definition) is 0. The summed E-state index contributed by atoms with van der Waals surface area (Å²) in [7, 11) is 0. The van der Waals surface area contributed by atoms with Crippen LogP contribution in [-0.4, -0.2) is 18.0 Å². The fourth-order valence-corrected chi connectivity index (χ4v) is 2.82. The van der Waals surface area contributed by atoms with E-state index >= 15 is 0 Å². The zero-order chi connectivity index (χ0) is 15.6. The Bertz CT molecular complexity index is 216. The van der Waals surface area contributed by atoms with Crippen molar-refractivity contribution in [2.75, 3.05) is 11.9 Å². The summed E-state index contributed by atoms with van der Waals surface area (Å²) >= 11 is 3.48. The summed E-state index contributed by atoms with van der Waals surface area (Å²) in [4.78, 5) is 0. The smallest absolute Gasteiger partial charge is 0.0581 e. The van der Waals surface area contributed by atoms with Crippen molar-refractivity contribution in [3.8, 4) is 0 Å². The SMILES string of the molecule is C=CCCC(CCC=C)OCCCCCCCCCCBr. The quantitative estimate of drug-likeness (QED) is 0.157. The van der Waals surface area contributed by atoms with Gasteiger partial charge in [0.2, 0.25) is 0 Å². The zero-order valence-corrected chi connectivity index (χ0v) is 15.4. The fourth-order valence-electron chi connectivity index (χ4n) is 2.43. The second kappa shape index (κ2) is 18.0. The first-order chi connectivity index (χ1) is 10.3. The van der Waals surface area contributed by atoms with Gasteiger partial charge in [-0.25, -0.2) is 0 Å². The molecule has 124 valence electrons. The van der Waals surface area contributed by atoms with Gasteiger partial charge in [0.05, 0.1) is 6.10 Å². The summed E-state index contributed by atoms with van der Waals surface area (Å²) < 4.78 is 6.01. The highest BCUT2D eigenvalue weighted by Gasteiger charge is 2.06. The Kier molecular flexibility index (Phi) is 17.9. The van der Waals surface area contributed by atoms with Gasteiger partial charge in [-0.05, 0) is 38.5 Å². The largest absolute Gasteiger partial charge is 0.378 e. The van der Waals surface area contributed by atoms with Crippen molar-refractivity contribution in [2.24, 2.45) is 0 Å². The minimum atomic E-state index is 0.394. The maximum atomic E-state index is 6.01. The number of allylic oxidation sites excluding steroid dienone is 2. The Morgan fingerprint density at radius 1 is 0.762 bits per heavy atom. The van der Waals surface area contributed by atoms with Gasteiger partial charge < -0.3 is 4.74 Å². The molecule has 0 bridgehead atoms. The average Bonchev–Trinajstić information content (AvgIpc) is 2.51. The van der Waals surface area contributed by atoms with E-state index < -0.39 is 0 Å². The van der Waals surface area contributed by atoms with E-state index in [1.807, 2.05) is 12.2 Å². The molecule has 0 N–H and O–H groups in total. The van der Waals surface area contributed by atoms with Gasteiger partial charge in [0.15, 0.2) is 0 Å². The van der Waals surface area contributed by atoms with Crippen molar-refractivity contribution >= 4 is 15.9 Å². The van der Waals surface area contributed by atoms with Crippen LogP contribution in [0.3, 0.4) is 0 Å². The molecular formula is C19H35BrO. The van der Waals surface area contributed by atoms with Crippen LogP contribution in [0.4, 0.5) is 0 Å². The summed E-state index contributed by atoms with van der Waals surface area (Å²) in [6, 6.07) is 0. The molecule has 2 heteroatoms. The normalized spacial score (nSPS) is 11.0. The van der Waals surface area contributed by atoms with Crippen LogP contribution in [0.5, 0.6) is 0 Å². The lowest BCUT2D eigenvalue weighted by atomic mass is 10.1. The third-order valence-electron chi connectivity index (χ3n) is 3.77. The van der Waals surface area contributed by atoms with Gasteiger partial charge >= 0.3 is 0 Å². The Morgan fingerprint density at radius 3 is 1.71 bits per heavy atom. The lowest BCUT2D eigenvalue weighted by Crippen LogP contribution is -2.13. The van der Waals surface area contributed by atoms with Crippen LogP contribution in [0.1, 0.15) is 77.0 Å². The molecule has 0 saturated carbocycles. The zero-order valence-electron chi connectivity index (χ0n) is 13.8. The molecule has 0 aromatic heterocycles. The molecule has 0 aliphatic heterocycles. The van der Waals surface area contributed by atoms with Gasteiger partial charge in [-0.3, -0.25) is 0 Å². The Hall–Kier alpha value is -0.0800. The van der Waals surface area contributed by atoms with Gasteiger partial charge in [-0.1, -0.05) is 66.6 Å². The van der Waals surface area contributed by atoms with Crippen molar-refractivity contribution in [3.63, 3.8) is 0 Å². The molecule has 0 aromatic carbocycles. The predicted octanol–water partition coefficient (Wildman–Crippen LogP) is 6.82. The predicted molar refractivity (Wildman–Crippen MR) is 99.3 cm³/mol. The molecule has 21 heavy (non-hydrogen) atoms. The first-order valence-corrected chi connectivity index (χ1v) is 9.86. The van der Waals surface area contributed by atoms with Crippen molar-refractivity contribution in [3.05, 3.63) is 25.3 Å². The highest BCUT2D eigenvalue weighted by molar-refractivity contribution is 9.09. The van der Waals surface area contributed by atoms with Gasteiger partial charge in [0.1, 0.15) is 0 Å². The second-order valence-corrected chi connectivity index (χ2v) is 6.54. The highest BCUT2D eigenvalue weighted by atomic mass is 79.9. The molecule has 0 radical (unpaired) electrons. The number of halogens is 1. The molecule has 0 aromatic rings. The van der Waals surface area contributed by atoms with Gasteiger partial charge in [-0.15, -0.1) is 13.2 Å². The van der Waals surface area contributed by atoms with Crippen LogP contribution in [0, 0.1) is 0 Å². The van der Waals surface area contributed by atoms with E-state index in [-0.39, 0.29) is 0 Å². The number of rotatable bonds is 17. The molecule has 0 aliphatic rings. The maximum Gasteiger partial charge on any atom is 0.0581 e. The second-order valence-electron chi connectivity index (χ2n) is 5.74. The lowest BCUT2D eigenvalue weighted by Gasteiger charge is -2.16. The van der Waals surface area contributed by atoms with Gasteiger partial charge in [-0.2, -0.15) is 0 Å².